The maximum absolute atomic E-state index is 10.9. The Labute approximate surface area is 67.3 Å². The van der Waals surface area contributed by atoms with Gasteiger partial charge in [-0.25, -0.2) is 0 Å². The van der Waals surface area contributed by atoms with Crippen molar-refractivity contribution in [2.24, 2.45) is 0 Å². The molecule has 0 saturated carbocycles. The molecule has 0 fully saturated rings. The minimum atomic E-state index is 0.0219. The fraction of sp³-hybridized carbons (Fsp3) is 0.625. The van der Waals surface area contributed by atoms with Gasteiger partial charge in [0.2, 0.25) is 5.91 Å². The predicted molar refractivity (Wildman–Crippen MR) is 43.0 cm³/mol. The number of amides is 1. The Kier molecular flexibility index (Phi) is 5.22. The zero-order valence-corrected chi connectivity index (χ0v) is 7.18. The molecule has 0 heterocycles. The highest BCUT2D eigenvalue weighted by Gasteiger charge is 1.98. The molecule has 0 aromatic rings. The van der Waals surface area contributed by atoms with E-state index in [1.165, 1.54) is 4.90 Å². The van der Waals surface area contributed by atoms with Gasteiger partial charge in [0.05, 0.1) is 6.42 Å². The van der Waals surface area contributed by atoms with Crippen LogP contribution in [-0.2, 0) is 9.53 Å². The molecule has 0 unspecified atom stereocenters. The van der Waals surface area contributed by atoms with Gasteiger partial charge in [0.15, 0.2) is 0 Å². The number of ether oxygens (including phenoxy) is 1. The molecule has 0 spiro atoms. The Morgan fingerprint density at radius 2 is 2.09 bits per heavy atom. The third kappa shape index (κ3) is 5.43. The number of rotatable bonds is 2. The molecule has 11 heavy (non-hydrogen) atoms. The first-order chi connectivity index (χ1) is 5.18. The number of carbonyl (C=O) groups is 1. The molecule has 1 amide bonds. The van der Waals surface area contributed by atoms with E-state index in [0.29, 0.717) is 6.61 Å². The van der Waals surface area contributed by atoms with Gasteiger partial charge in [-0.15, -0.1) is 0 Å². The highest BCUT2D eigenvalue weighted by molar-refractivity contribution is 5.78. The lowest BCUT2D eigenvalue weighted by Crippen LogP contribution is -2.20. The highest BCUT2D eigenvalue weighted by Crippen LogP contribution is 1.83. The lowest BCUT2D eigenvalue weighted by molar-refractivity contribution is -0.127. The van der Waals surface area contributed by atoms with E-state index in [0.717, 1.165) is 0 Å². The minimum absolute atomic E-state index is 0.0219. The molecule has 3 heteroatoms. The lowest BCUT2D eigenvalue weighted by Gasteiger charge is -2.05. The summed E-state index contributed by atoms with van der Waals surface area (Å²) in [5, 5.41) is 0. The zero-order chi connectivity index (χ0) is 8.69. The lowest BCUT2D eigenvalue weighted by atomic mass is 10.4. The van der Waals surface area contributed by atoms with Crippen molar-refractivity contribution in [3.63, 3.8) is 0 Å². The quantitative estimate of drug-likeness (QED) is 0.530. The van der Waals surface area contributed by atoms with Crippen molar-refractivity contribution in [3.8, 4) is 11.8 Å². The number of carbonyl (C=O) groups excluding carboxylic acids is 1. The van der Waals surface area contributed by atoms with Crippen LogP contribution in [0.3, 0.4) is 0 Å². The average molecular weight is 155 g/mol. The molecule has 0 aliphatic heterocycles. The van der Waals surface area contributed by atoms with E-state index in [2.05, 4.69) is 16.6 Å². The van der Waals surface area contributed by atoms with E-state index in [1.807, 2.05) is 0 Å². The van der Waals surface area contributed by atoms with Gasteiger partial charge in [-0.1, -0.05) is 11.8 Å². The molecule has 0 saturated heterocycles. The molecule has 0 bridgehead atoms. The van der Waals surface area contributed by atoms with Crippen LogP contribution in [0.2, 0.25) is 0 Å². The number of nitrogens with zero attached hydrogens (tertiary/aromatic N) is 1. The Morgan fingerprint density at radius 1 is 1.45 bits per heavy atom. The van der Waals surface area contributed by atoms with Crippen LogP contribution in [-0.4, -0.2) is 38.6 Å². The van der Waals surface area contributed by atoms with Gasteiger partial charge < -0.3 is 9.64 Å². The van der Waals surface area contributed by atoms with Crippen LogP contribution < -0.4 is 0 Å². The topological polar surface area (TPSA) is 29.5 Å². The van der Waals surface area contributed by atoms with Crippen molar-refractivity contribution in [1.29, 1.82) is 0 Å². The molecule has 0 aliphatic rings. The van der Waals surface area contributed by atoms with Gasteiger partial charge in [-0.2, -0.15) is 0 Å². The molecule has 0 aliphatic carbocycles. The first-order valence-corrected chi connectivity index (χ1v) is 3.33. The van der Waals surface area contributed by atoms with Gasteiger partial charge in [0.25, 0.3) is 0 Å². The Bertz CT molecular complexity index is 176. The van der Waals surface area contributed by atoms with E-state index in [4.69, 9.17) is 0 Å². The predicted octanol–water partition coefficient (Wildman–Crippen LogP) is 0.115. The summed E-state index contributed by atoms with van der Waals surface area (Å²) in [6.07, 6.45) is 0.274. The molecule has 0 rings (SSSR count). The first-order valence-electron chi connectivity index (χ1n) is 3.33. The normalized spacial score (nSPS) is 8.27. The van der Waals surface area contributed by atoms with E-state index >= 15 is 0 Å². The fourth-order valence-corrected chi connectivity index (χ4v) is 0.419. The van der Waals surface area contributed by atoms with Gasteiger partial charge in [-0.05, 0) is 0 Å². The highest BCUT2D eigenvalue weighted by atomic mass is 16.5. The Morgan fingerprint density at radius 3 is 2.55 bits per heavy atom. The van der Waals surface area contributed by atoms with Crippen molar-refractivity contribution < 1.29 is 9.53 Å². The van der Waals surface area contributed by atoms with Gasteiger partial charge in [0.1, 0.15) is 6.61 Å². The maximum Gasteiger partial charge on any atom is 0.234 e. The second-order valence-corrected chi connectivity index (χ2v) is 2.25. The second kappa shape index (κ2) is 5.75. The SMILES string of the molecule is COCC#CCC(=O)N(C)C. The van der Waals surface area contributed by atoms with Crippen molar-refractivity contribution in [1.82, 2.24) is 4.90 Å². The summed E-state index contributed by atoms with van der Waals surface area (Å²) < 4.78 is 4.69. The molecule has 0 N–H and O–H groups in total. The van der Waals surface area contributed by atoms with E-state index in [9.17, 15) is 4.79 Å². The second-order valence-electron chi connectivity index (χ2n) is 2.25. The summed E-state index contributed by atoms with van der Waals surface area (Å²) in [5.41, 5.74) is 0. The monoisotopic (exact) mass is 155 g/mol. The van der Waals surface area contributed by atoms with Crippen LogP contribution in [0.25, 0.3) is 0 Å². The summed E-state index contributed by atoms with van der Waals surface area (Å²) >= 11 is 0. The van der Waals surface area contributed by atoms with Crippen LogP contribution >= 0.6 is 0 Å². The van der Waals surface area contributed by atoms with E-state index in [1.54, 1.807) is 21.2 Å². The summed E-state index contributed by atoms with van der Waals surface area (Å²) in [6, 6.07) is 0. The maximum atomic E-state index is 10.9. The standard InChI is InChI=1S/C8H13NO2/c1-9(2)8(10)6-4-5-7-11-3/h6-7H2,1-3H3. The number of hydrogen-bond acceptors (Lipinski definition) is 2. The summed E-state index contributed by atoms with van der Waals surface area (Å²) in [6.45, 7) is 0.390. The third-order valence-corrected chi connectivity index (χ3v) is 1.08. The zero-order valence-electron chi connectivity index (χ0n) is 7.18. The number of methoxy groups -OCH3 is 1. The van der Waals surface area contributed by atoms with Crippen LogP contribution in [0.4, 0.5) is 0 Å². The molecular formula is C8H13NO2. The molecule has 0 atom stereocenters. The Balaban J connectivity index is 3.55. The van der Waals surface area contributed by atoms with E-state index in [-0.39, 0.29) is 12.3 Å². The molecule has 62 valence electrons. The largest absolute Gasteiger partial charge is 0.372 e. The van der Waals surface area contributed by atoms with Crippen molar-refractivity contribution in [2.75, 3.05) is 27.8 Å². The summed E-state index contributed by atoms with van der Waals surface area (Å²) in [7, 11) is 4.99. The molecule has 0 aromatic heterocycles. The van der Waals surface area contributed by atoms with E-state index < -0.39 is 0 Å². The van der Waals surface area contributed by atoms with Crippen molar-refractivity contribution >= 4 is 5.91 Å². The molecule has 0 radical (unpaired) electrons. The molecular weight excluding hydrogens is 142 g/mol. The fourth-order valence-electron chi connectivity index (χ4n) is 0.419. The molecule has 3 nitrogen and oxygen atoms in total. The van der Waals surface area contributed by atoms with Crippen LogP contribution in [0.1, 0.15) is 6.42 Å². The minimum Gasteiger partial charge on any atom is -0.372 e. The molecule has 0 aromatic carbocycles. The smallest absolute Gasteiger partial charge is 0.234 e. The van der Waals surface area contributed by atoms with Crippen LogP contribution in [0.5, 0.6) is 0 Å². The number of hydrogen-bond donors (Lipinski definition) is 0. The van der Waals surface area contributed by atoms with Crippen LogP contribution in [0.15, 0.2) is 0 Å². The van der Waals surface area contributed by atoms with Gasteiger partial charge in [-0.3, -0.25) is 4.79 Å². The first kappa shape index (κ1) is 9.99. The van der Waals surface area contributed by atoms with Gasteiger partial charge in [0, 0.05) is 21.2 Å². The summed E-state index contributed by atoms with van der Waals surface area (Å²) in [5.74, 6) is 5.42. The summed E-state index contributed by atoms with van der Waals surface area (Å²) in [4.78, 5) is 12.4. The average Bonchev–Trinajstić information content (AvgIpc) is 1.97. The van der Waals surface area contributed by atoms with Crippen LogP contribution in [0, 0.1) is 11.8 Å². The third-order valence-electron chi connectivity index (χ3n) is 1.08. The Hall–Kier alpha value is -1.01. The van der Waals surface area contributed by atoms with Crippen molar-refractivity contribution in [3.05, 3.63) is 0 Å². The van der Waals surface area contributed by atoms with Crippen molar-refractivity contribution in [2.45, 2.75) is 6.42 Å². The van der Waals surface area contributed by atoms with Gasteiger partial charge >= 0.3 is 0 Å².